The van der Waals surface area contributed by atoms with Crippen LogP contribution in [0.3, 0.4) is 0 Å². The Kier molecular flexibility index (Phi) is 6.51. The van der Waals surface area contributed by atoms with Gasteiger partial charge in [0.25, 0.3) is 8.32 Å². The smallest absolute Gasteiger partial charge is 0.261 e. The number of halogens is 1. The number of phenols is 1. The lowest BCUT2D eigenvalue weighted by Crippen LogP contribution is -2.66. The molecule has 1 N–H and O–H groups in total. The number of benzene rings is 3. The predicted molar refractivity (Wildman–Crippen MR) is 125 cm³/mol. The summed E-state index contributed by atoms with van der Waals surface area (Å²) in [5, 5.41) is 12.5. The van der Waals surface area contributed by atoms with E-state index in [1.165, 1.54) is 10.4 Å². The highest BCUT2D eigenvalue weighted by atomic mass is 79.9. The van der Waals surface area contributed by atoms with Gasteiger partial charge in [0.1, 0.15) is 11.5 Å². The molecule has 0 atom stereocenters. The van der Waals surface area contributed by atoms with Gasteiger partial charge in [0.2, 0.25) is 0 Å². The second kappa shape index (κ2) is 8.74. The van der Waals surface area contributed by atoms with Crippen molar-refractivity contribution in [2.45, 2.75) is 32.4 Å². The first kappa shape index (κ1) is 21.6. The predicted octanol–water partition coefficient (Wildman–Crippen LogP) is 5.24. The van der Waals surface area contributed by atoms with E-state index in [4.69, 9.17) is 9.16 Å². The third kappa shape index (κ3) is 4.13. The zero-order chi connectivity index (χ0) is 21.1. The van der Waals surface area contributed by atoms with Crippen molar-refractivity contribution in [3.63, 3.8) is 0 Å². The summed E-state index contributed by atoms with van der Waals surface area (Å²) in [6.07, 6.45) is 0. The Labute approximate surface area is 182 Å². The van der Waals surface area contributed by atoms with Crippen LogP contribution in [0, 0.1) is 0 Å². The number of rotatable bonds is 6. The van der Waals surface area contributed by atoms with Crippen LogP contribution in [-0.4, -0.2) is 20.5 Å². The van der Waals surface area contributed by atoms with E-state index in [9.17, 15) is 5.11 Å². The summed E-state index contributed by atoms with van der Waals surface area (Å²) in [5.41, 5.74) is 0.806. The van der Waals surface area contributed by atoms with Gasteiger partial charge in [-0.1, -0.05) is 81.4 Å². The zero-order valence-electron chi connectivity index (χ0n) is 17.3. The molecule has 152 valence electrons. The highest BCUT2D eigenvalue weighted by Gasteiger charge is 2.50. The number of hydrogen-bond acceptors (Lipinski definition) is 3. The second-order valence-corrected chi connectivity index (χ2v) is 13.1. The van der Waals surface area contributed by atoms with Crippen LogP contribution in [-0.2, 0) is 11.0 Å². The van der Waals surface area contributed by atoms with E-state index in [-0.39, 0.29) is 10.8 Å². The average molecular weight is 471 g/mol. The van der Waals surface area contributed by atoms with Crippen LogP contribution in [0.5, 0.6) is 11.5 Å². The van der Waals surface area contributed by atoms with Gasteiger partial charge < -0.3 is 14.3 Å². The summed E-state index contributed by atoms with van der Waals surface area (Å²) >= 11 is 3.51. The highest BCUT2D eigenvalue weighted by molar-refractivity contribution is 9.10. The van der Waals surface area contributed by atoms with E-state index in [2.05, 4.69) is 85.2 Å². The van der Waals surface area contributed by atoms with Crippen LogP contribution in [0.4, 0.5) is 0 Å². The van der Waals surface area contributed by atoms with Crippen molar-refractivity contribution < 1.29 is 14.3 Å². The molecule has 0 aliphatic carbocycles. The van der Waals surface area contributed by atoms with Gasteiger partial charge in [-0.3, -0.25) is 0 Å². The summed E-state index contributed by atoms with van der Waals surface area (Å²) in [5.74, 6) is 0.861. The Balaban J connectivity index is 2.17. The Morgan fingerprint density at radius 2 is 1.38 bits per heavy atom. The summed E-state index contributed by atoms with van der Waals surface area (Å²) in [7, 11) is -1.04. The molecule has 3 aromatic rings. The molecule has 0 aromatic heterocycles. The quantitative estimate of drug-likeness (QED) is 0.500. The van der Waals surface area contributed by atoms with E-state index in [1.54, 1.807) is 19.2 Å². The van der Waals surface area contributed by atoms with Crippen molar-refractivity contribution in [1.82, 2.24) is 0 Å². The molecule has 0 saturated heterocycles. The molecule has 0 saturated carbocycles. The molecule has 0 spiro atoms. The van der Waals surface area contributed by atoms with Crippen LogP contribution in [0.1, 0.15) is 26.3 Å². The third-order valence-corrected chi connectivity index (χ3v) is 11.1. The molecule has 3 aromatic carbocycles. The van der Waals surface area contributed by atoms with Crippen LogP contribution in [0.15, 0.2) is 77.3 Å². The van der Waals surface area contributed by atoms with Crippen molar-refractivity contribution in [2.24, 2.45) is 0 Å². The molecule has 0 radical (unpaired) electrons. The fourth-order valence-corrected chi connectivity index (χ4v) is 8.82. The van der Waals surface area contributed by atoms with E-state index < -0.39 is 8.32 Å². The summed E-state index contributed by atoms with van der Waals surface area (Å²) in [6.45, 7) is 7.06. The van der Waals surface area contributed by atoms with Gasteiger partial charge in [-0.05, 0) is 43.5 Å². The van der Waals surface area contributed by atoms with Crippen molar-refractivity contribution >= 4 is 34.6 Å². The first-order valence-corrected chi connectivity index (χ1v) is 12.3. The second-order valence-electron chi connectivity index (χ2n) is 8.03. The van der Waals surface area contributed by atoms with E-state index >= 15 is 0 Å². The van der Waals surface area contributed by atoms with E-state index in [0.717, 1.165) is 5.56 Å². The number of hydrogen-bond donors (Lipinski definition) is 1. The normalized spacial score (nSPS) is 12.0. The topological polar surface area (TPSA) is 38.7 Å². The maximum atomic E-state index is 10.2. The molecule has 0 amide bonds. The van der Waals surface area contributed by atoms with Crippen LogP contribution in [0.2, 0.25) is 5.04 Å². The lowest BCUT2D eigenvalue weighted by molar-refractivity contribution is 0.277. The molecule has 5 heteroatoms. The van der Waals surface area contributed by atoms with Crippen LogP contribution in [0.25, 0.3) is 0 Å². The highest BCUT2D eigenvalue weighted by Crippen LogP contribution is 2.40. The average Bonchev–Trinajstić information content (AvgIpc) is 2.72. The van der Waals surface area contributed by atoms with Gasteiger partial charge in [-0.25, -0.2) is 0 Å². The van der Waals surface area contributed by atoms with Gasteiger partial charge in [-0.15, -0.1) is 0 Å². The summed E-state index contributed by atoms with van der Waals surface area (Å²) in [4.78, 5) is 0. The molecule has 0 heterocycles. The number of phenolic OH excluding ortho intramolecular Hbond substituents is 1. The summed E-state index contributed by atoms with van der Waals surface area (Å²) in [6, 6.07) is 24.4. The molecule has 3 rings (SSSR count). The lowest BCUT2D eigenvalue weighted by Gasteiger charge is -2.43. The Morgan fingerprint density at radius 1 is 0.862 bits per heavy atom. The Hall–Kier alpha value is -2.08. The molecule has 0 aliphatic rings. The number of ether oxygens (including phenoxy) is 1. The monoisotopic (exact) mass is 470 g/mol. The number of aromatic hydroxyl groups is 1. The van der Waals surface area contributed by atoms with Gasteiger partial charge in [0, 0.05) is 5.56 Å². The van der Waals surface area contributed by atoms with Crippen LogP contribution >= 0.6 is 15.9 Å². The van der Waals surface area contributed by atoms with Crippen molar-refractivity contribution in [1.29, 1.82) is 0 Å². The van der Waals surface area contributed by atoms with Crippen molar-refractivity contribution in [2.75, 3.05) is 7.11 Å². The first-order valence-electron chi connectivity index (χ1n) is 9.60. The lowest BCUT2D eigenvalue weighted by atomic mass is 10.2. The Bertz CT molecular complexity index is 914. The van der Waals surface area contributed by atoms with Gasteiger partial charge in [-0.2, -0.15) is 0 Å². The molecule has 29 heavy (non-hydrogen) atoms. The maximum absolute atomic E-state index is 10.2. The summed E-state index contributed by atoms with van der Waals surface area (Å²) < 4.78 is 13.1. The molecular formula is C24H27BrO3Si. The van der Waals surface area contributed by atoms with Gasteiger partial charge in [0.15, 0.2) is 0 Å². The van der Waals surface area contributed by atoms with E-state index in [1.807, 2.05) is 12.1 Å². The standard InChI is InChI=1S/C24H27BrO3Si/c1-24(2,3)29(18-11-7-5-8-12-18,19-13-9-6-10-14-19)28-17-20-22(27-4)16-15-21(26)23(20)25/h5-16,26H,17H2,1-4H3. The van der Waals surface area contributed by atoms with Crippen LogP contribution < -0.4 is 15.1 Å². The molecule has 3 nitrogen and oxygen atoms in total. The number of methoxy groups -OCH3 is 1. The van der Waals surface area contributed by atoms with Gasteiger partial charge >= 0.3 is 0 Å². The fourth-order valence-electron chi connectivity index (χ4n) is 3.86. The molecule has 0 fully saturated rings. The Morgan fingerprint density at radius 3 is 1.83 bits per heavy atom. The first-order chi connectivity index (χ1) is 13.8. The SMILES string of the molecule is COc1ccc(O)c(Br)c1CO[Si](c1ccccc1)(c1ccccc1)C(C)(C)C. The minimum atomic E-state index is -2.67. The third-order valence-electron chi connectivity index (χ3n) is 5.25. The minimum absolute atomic E-state index is 0.119. The molecule has 0 aliphatic heterocycles. The zero-order valence-corrected chi connectivity index (χ0v) is 19.9. The molecule has 0 unspecified atom stereocenters. The van der Waals surface area contributed by atoms with E-state index in [0.29, 0.717) is 16.8 Å². The minimum Gasteiger partial charge on any atom is -0.507 e. The maximum Gasteiger partial charge on any atom is 0.261 e. The molecular weight excluding hydrogens is 444 g/mol. The fraction of sp³-hybridized carbons (Fsp3) is 0.250. The van der Waals surface area contributed by atoms with Crippen molar-refractivity contribution in [3.8, 4) is 11.5 Å². The van der Waals surface area contributed by atoms with Crippen molar-refractivity contribution in [3.05, 3.63) is 82.8 Å². The largest absolute Gasteiger partial charge is 0.507 e. The molecule has 0 bridgehead atoms. The van der Waals surface area contributed by atoms with Gasteiger partial charge in [0.05, 0.1) is 18.2 Å².